The second-order valence-corrected chi connectivity index (χ2v) is 19.7. The highest BCUT2D eigenvalue weighted by Gasteiger charge is 2.49. The molecule has 6 aromatic heterocycles. The van der Waals surface area contributed by atoms with Gasteiger partial charge in [0.2, 0.25) is 17.7 Å². The number of halogens is 1. The summed E-state index contributed by atoms with van der Waals surface area (Å²) in [4.78, 5) is 62.9. The van der Waals surface area contributed by atoms with Crippen molar-refractivity contribution in [1.82, 2.24) is 59.6 Å². The largest absolute Gasteiger partial charge is 0.397 e. The maximum atomic E-state index is 12.7. The van der Waals surface area contributed by atoms with Crippen LogP contribution in [0.25, 0.3) is 33.5 Å². The molecule has 442 valence electrons. The Balaban J connectivity index is 0.000000161. The van der Waals surface area contributed by atoms with E-state index in [0.29, 0.717) is 62.5 Å². The van der Waals surface area contributed by atoms with Gasteiger partial charge in [0.25, 0.3) is 0 Å². The van der Waals surface area contributed by atoms with Crippen LogP contribution < -0.4 is 50.4 Å². The van der Waals surface area contributed by atoms with Crippen molar-refractivity contribution in [2.45, 2.75) is 124 Å². The molecular formula is C51H69FN18O12. The molecule has 0 radical (unpaired) electrons. The fourth-order valence-corrected chi connectivity index (χ4v) is 9.77. The Labute approximate surface area is 467 Å². The maximum absolute atomic E-state index is 12.7. The second kappa shape index (κ2) is 26.9. The van der Waals surface area contributed by atoms with Crippen molar-refractivity contribution < 1.29 is 63.6 Å². The van der Waals surface area contributed by atoms with Crippen LogP contribution in [0.2, 0.25) is 0 Å². The van der Waals surface area contributed by atoms with E-state index in [4.69, 9.17) is 48.6 Å². The molecule has 30 nitrogen and oxygen atoms in total. The van der Waals surface area contributed by atoms with Crippen LogP contribution in [0.1, 0.15) is 62.9 Å². The molecule has 0 spiro atoms. The lowest BCUT2D eigenvalue weighted by Crippen LogP contribution is -2.51. The average molecular weight is 1150 g/mol. The fourth-order valence-electron chi connectivity index (χ4n) is 9.77. The molecule has 0 bridgehead atoms. The molecule has 3 saturated heterocycles. The van der Waals surface area contributed by atoms with E-state index in [-0.39, 0.29) is 18.7 Å². The number of fused-ring (bicyclic) bond motifs is 3. The van der Waals surface area contributed by atoms with Gasteiger partial charge < -0.3 is 95.2 Å². The van der Waals surface area contributed by atoms with Crippen molar-refractivity contribution in [3.05, 3.63) is 91.7 Å². The molecule has 3 aliphatic rings. The molecule has 0 aliphatic carbocycles. The Kier molecular flexibility index (Phi) is 19.9. The number of pyridine rings is 3. The van der Waals surface area contributed by atoms with E-state index < -0.39 is 130 Å². The number of hydrogen-bond acceptors (Lipinski definition) is 24. The molecule has 3 amide bonds. The topological polar surface area (TPSA) is 485 Å². The summed E-state index contributed by atoms with van der Waals surface area (Å²) in [5.41, 5.74) is 40.1. The fraction of sp³-hybridized carbons (Fsp3) is 0.471. The van der Waals surface area contributed by atoms with E-state index in [1.165, 1.54) is 42.1 Å². The Morgan fingerprint density at radius 1 is 0.561 bits per heavy atom. The summed E-state index contributed by atoms with van der Waals surface area (Å²) in [6.07, 6.45) is 1.93. The SMILES string of the molecule is CCCC(N)C(=O)NC1[C@@H](O)[C@@H](CO)O[C@H]1n1cnc2c(N)ccnc21.Nc1ccnc2c1ncn2[C@@H]1O[C@H](CO)[C@H](O)C1NC(=O)C(N)CCCF.Nc1ccnc2c1ncn2[C@@H]1O[C@H](CO)[C@H](O)C1NC(=O)C(N)c1ccccc1. The number of alkyl halides is 1. The number of aliphatic hydroxyl groups is 6. The van der Waals surface area contributed by atoms with Crippen molar-refractivity contribution >= 4 is 68.3 Å². The molecule has 9 heterocycles. The lowest BCUT2D eigenvalue weighted by molar-refractivity contribution is -0.125. The van der Waals surface area contributed by atoms with Crippen LogP contribution in [0.3, 0.4) is 0 Å². The molecule has 15 atom stereocenters. The molecular weight excluding hydrogens is 1080 g/mol. The molecule has 3 aliphatic heterocycles. The normalized spacial score (nSPS) is 26.1. The van der Waals surface area contributed by atoms with Crippen LogP contribution in [0.5, 0.6) is 0 Å². The monoisotopic (exact) mass is 1140 g/mol. The zero-order valence-corrected chi connectivity index (χ0v) is 44.4. The van der Waals surface area contributed by atoms with E-state index in [0.717, 1.165) is 6.42 Å². The maximum Gasteiger partial charge on any atom is 0.241 e. The van der Waals surface area contributed by atoms with E-state index in [1.807, 2.05) is 13.0 Å². The van der Waals surface area contributed by atoms with Gasteiger partial charge in [0.1, 0.15) is 77.3 Å². The molecule has 21 N–H and O–H groups in total. The van der Waals surface area contributed by atoms with Gasteiger partial charge in [-0.2, -0.15) is 0 Å². The van der Waals surface area contributed by atoms with Gasteiger partial charge in [-0.25, -0.2) is 29.9 Å². The zero-order chi connectivity index (χ0) is 58.9. The zero-order valence-electron chi connectivity index (χ0n) is 44.4. The molecule has 1 aromatic carbocycles. The number of imidazole rings is 3. The van der Waals surface area contributed by atoms with Gasteiger partial charge in [-0.1, -0.05) is 43.7 Å². The van der Waals surface area contributed by atoms with Crippen molar-refractivity contribution in [1.29, 1.82) is 0 Å². The van der Waals surface area contributed by atoms with Crippen LogP contribution in [0.15, 0.2) is 86.1 Å². The summed E-state index contributed by atoms with van der Waals surface area (Å²) in [7, 11) is 0. The first-order valence-electron chi connectivity index (χ1n) is 26.3. The Hall–Kier alpha value is -7.66. The molecule has 82 heavy (non-hydrogen) atoms. The summed E-state index contributed by atoms with van der Waals surface area (Å²) < 4.78 is 34.3. The number of nitrogen functional groups attached to an aromatic ring is 3. The quantitative estimate of drug-likeness (QED) is 0.0411. The Morgan fingerprint density at radius 2 is 0.915 bits per heavy atom. The lowest BCUT2D eigenvalue weighted by Gasteiger charge is -2.24. The minimum atomic E-state index is -1.18. The number of aromatic nitrogens is 9. The van der Waals surface area contributed by atoms with Crippen molar-refractivity contribution in [2.75, 3.05) is 43.7 Å². The number of nitrogens with two attached hydrogens (primary N) is 6. The second-order valence-electron chi connectivity index (χ2n) is 19.7. The summed E-state index contributed by atoms with van der Waals surface area (Å²) in [6.45, 7) is 0.1000. The highest BCUT2D eigenvalue weighted by molar-refractivity contribution is 5.86. The third kappa shape index (κ3) is 12.7. The third-order valence-corrected chi connectivity index (χ3v) is 14.2. The molecule has 10 rings (SSSR count). The summed E-state index contributed by atoms with van der Waals surface area (Å²) in [5, 5.41) is 68.2. The Bertz CT molecular complexity index is 3270. The molecule has 7 aromatic rings. The van der Waals surface area contributed by atoms with Gasteiger partial charge in [0, 0.05) is 18.6 Å². The minimum absolute atomic E-state index is 0.163. The number of rotatable bonds is 18. The molecule has 0 saturated carbocycles. The van der Waals surface area contributed by atoms with Crippen LogP contribution in [0, 0.1) is 0 Å². The summed E-state index contributed by atoms with van der Waals surface area (Å²) in [6, 6.07) is 8.60. The standard InChI is InChI=1S/C19H22N6O4.C16H23FN6O4.C16H24N6O4/c20-11-6-7-22-17-14(11)23-9-25(17)19-15(16(27)12(8-26)29-19)24-18(28)13(21)10-4-2-1-3-5-10;17-4-1-2-9(19)15(26)22-12-13(25)10(6-24)27-16(12)23-7-21-11-8(18)3-5-20-14(11)23;1-2-3-9(18)15(25)21-12-13(24)10(6-23)26-16(12)22-7-20-11-8(17)4-5-19-14(11)22/h1-7,9,12-13,15-16,19,26-27H,8,21H2,(H2,20,22)(H,24,28);3,5,7,9-10,12-13,16,24-25H,1-2,4,6,19H2,(H2,18,20)(H,22,26);4-5,7,9-10,12-13,16,23-24H,2-3,6,18H2,1H3,(H2,17,19)(H,21,25)/t12-,13?,15?,16+,19-;2*9?,10-,12?,13+,16-/m111/s1. The van der Waals surface area contributed by atoms with E-state index in [2.05, 4.69) is 45.9 Å². The first-order valence-corrected chi connectivity index (χ1v) is 26.3. The van der Waals surface area contributed by atoms with Crippen molar-refractivity contribution in [3.63, 3.8) is 0 Å². The summed E-state index contributed by atoms with van der Waals surface area (Å²) in [5.74, 6) is -1.42. The van der Waals surface area contributed by atoms with Crippen molar-refractivity contribution in [3.8, 4) is 0 Å². The van der Waals surface area contributed by atoms with Gasteiger partial charge in [0.05, 0.1) is 74.6 Å². The minimum Gasteiger partial charge on any atom is -0.397 e. The number of nitrogens with zero attached hydrogens (tertiary/aromatic N) is 9. The van der Waals surface area contributed by atoms with E-state index in [1.54, 1.807) is 51.6 Å². The number of ether oxygens (including phenoxy) is 3. The van der Waals surface area contributed by atoms with Gasteiger partial charge >= 0.3 is 0 Å². The predicted molar refractivity (Wildman–Crippen MR) is 292 cm³/mol. The molecule has 31 heteroatoms. The molecule has 6 unspecified atom stereocenters. The number of nitrogens with one attached hydrogen (secondary N) is 3. The number of benzene rings is 1. The van der Waals surface area contributed by atoms with Crippen LogP contribution >= 0.6 is 0 Å². The predicted octanol–water partition coefficient (Wildman–Crippen LogP) is -2.85. The molecule has 3 fully saturated rings. The number of amides is 3. The first-order chi connectivity index (χ1) is 39.5. The van der Waals surface area contributed by atoms with E-state index >= 15 is 0 Å². The highest BCUT2D eigenvalue weighted by Crippen LogP contribution is 2.35. The van der Waals surface area contributed by atoms with Crippen molar-refractivity contribution in [2.24, 2.45) is 17.2 Å². The average Bonchev–Trinajstić information content (AvgIpc) is 4.56. The van der Waals surface area contributed by atoms with Crippen LogP contribution in [-0.2, 0) is 28.6 Å². The third-order valence-electron chi connectivity index (χ3n) is 14.2. The highest BCUT2D eigenvalue weighted by atomic mass is 19.1. The van der Waals surface area contributed by atoms with Gasteiger partial charge in [-0.15, -0.1) is 0 Å². The van der Waals surface area contributed by atoms with Gasteiger partial charge in [0.15, 0.2) is 35.6 Å². The van der Waals surface area contributed by atoms with Gasteiger partial charge in [-0.05, 0) is 43.0 Å². The van der Waals surface area contributed by atoms with Crippen LogP contribution in [-0.4, -0.2) is 185 Å². The first kappa shape index (κ1) is 60.4. The number of hydrogen-bond donors (Lipinski definition) is 15. The summed E-state index contributed by atoms with van der Waals surface area (Å²) >= 11 is 0. The number of carbonyl (C=O) groups excluding carboxylic acids is 3. The lowest BCUT2D eigenvalue weighted by atomic mass is 10.0. The van der Waals surface area contributed by atoms with Crippen LogP contribution in [0.4, 0.5) is 21.5 Å². The number of aliphatic hydroxyl groups excluding tert-OH is 6. The number of anilines is 3. The van der Waals surface area contributed by atoms with Gasteiger partial charge in [-0.3, -0.25) is 32.5 Å². The smallest absolute Gasteiger partial charge is 0.241 e. The Morgan fingerprint density at radius 3 is 1.26 bits per heavy atom. The van der Waals surface area contributed by atoms with E-state index in [9.17, 15) is 49.4 Å². The number of carbonyl (C=O) groups is 3.